The Bertz CT molecular complexity index is 175. The highest BCUT2D eigenvalue weighted by molar-refractivity contribution is 4.95. The van der Waals surface area contributed by atoms with Crippen LogP contribution in [0.5, 0.6) is 0 Å². The van der Waals surface area contributed by atoms with Gasteiger partial charge >= 0.3 is 0 Å². The second-order valence-corrected chi connectivity index (χ2v) is 3.60. The third-order valence-electron chi connectivity index (χ3n) is 2.58. The zero-order valence-corrected chi connectivity index (χ0v) is 8.39. The lowest BCUT2D eigenvalue weighted by Crippen LogP contribution is -2.46. The minimum atomic E-state index is -2.59. The molecule has 0 aromatic heterocycles. The molecule has 0 aromatic carbocycles. The Kier molecular flexibility index (Phi) is 3.24. The minimum absolute atomic E-state index is 0.0500. The summed E-state index contributed by atoms with van der Waals surface area (Å²) < 4.78 is 31.8. The molecule has 1 aliphatic heterocycles. The molecule has 0 aliphatic carbocycles. The summed E-state index contributed by atoms with van der Waals surface area (Å²) >= 11 is 0. The van der Waals surface area contributed by atoms with Crippen LogP contribution in [-0.4, -0.2) is 43.2 Å². The number of likely N-dealkylation sites (N-methyl/N-ethyl adjacent to an activating group) is 1. The molecule has 0 aromatic rings. The standard InChI is InChI=1S/C9H17F2NO/c1-4-13-7(2)8-9(10,11)5-6-12(8)3/h7-8H,4-6H2,1-3H3/t7-,8+/m0/s1. The summed E-state index contributed by atoms with van der Waals surface area (Å²) in [5.74, 6) is -2.59. The van der Waals surface area contributed by atoms with Gasteiger partial charge in [0.1, 0.15) is 0 Å². The second kappa shape index (κ2) is 3.88. The molecule has 2 nitrogen and oxygen atoms in total. The van der Waals surface area contributed by atoms with Gasteiger partial charge in [-0.1, -0.05) is 0 Å². The average Bonchev–Trinajstić information content (AvgIpc) is 2.26. The number of rotatable bonds is 3. The Morgan fingerprint density at radius 2 is 2.23 bits per heavy atom. The molecule has 0 N–H and O–H groups in total. The Labute approximate surface area is 77.9 Å². The van der Waals surface area contributed by atoms with Gasteiger partial charge in [-0.25, -0.2) is 8.78 Å². The van der Waals surface area contributed by atoms with Gasteiger partial charge in [-0.15, -0.1) is 0 Å². The predicted octanol–water partition coefficient (Wildman–Crippen LogP) is 1.75. The SMILES string of the molecule is CCO[C@@H](C)[C@H]1N(C)CCC1(F)F. The van der Waals surface area contributed by atoms with Crippen LogP contribution in [0.3, 0.4) is 0 Å². The van der Waals surface area contributed by atoms with Crippen molar-refractivity contribution in [1.82, 2.24) is 4.90 Å². The maximum absolute atomic E-state index is 13.3. The average molecular weight is 193 g/mol. The van der Waals surface area contributed by atoms with Gasteiger partial charge in [0, 0.05) is 19.6 Å². The van der Waals surface area contributed by atoms with Crippen molar-refractivity contribution in [1.29, 1.82) is 0 Å². The van der Waals surface area contributed by atoms with Crippen LogP contribution in [0, 0.1) is 0 Å². The first-order valence-corrected chi connectivity index (χ1v) is 4.68. The smallest absolute Gasteiger partial charge is 0.267 e. The van der Waals surface area contributed by atoms with Gasteiger partial charge in [0.2, 0.25) is 0 Å². The Hall–Kier alpha value is -0.220. The summed E-state index contributed by atoms with van der Waals surface area (Å²) in [4.78, 5) is 1.68. The first-order chi connectivity index (χ1) is 5.99. The maximum Gasteiger partial charge on any atom is 0.267 e. The number of hydrogen-bond acceptors (Lipinski definition) is 2. The Morgan fingerprint density at radius 3 is 2.62 bits per heavy atom. The fourth-order valence-corrected chi connectivity index (χ4v) is 1.99. The fourth-order valence-electron chi connectivity index (χ4n) is 1.99. The quantitative estimate of drug-likeness (QED) is 0.677. The number of likely N-dealkylation sites (tertiary alicyclic amines) is 1. The van der Waals surface area contributed by atoms with E-state index in [1.807, 2.05) is 6.92 Å². The molecular formula is C9H17F2NO. The highest BCUT2D eigenvalue weighted by atomic mass is 19.3. The Morgan fingerprint density at radius 1 is 1.62 bits per heavy atom. The summed E-state index contributed by atoms with van der Waals surface area (Å²) in [6, 6.07) is -0.757. The van der Waals surface area contributed by atoms with Crippen LogP contribution >= 0.6 is 0 Å². The van der Waals surface area contributed by atoms with E-state index in [0.29, 0.717) is 13.2 Å². The van der Waals surface area contributed by atoms with Gasteiger partial charge < -0.3 is 4.74 Å². The molecule has 0 spiro atoms. The van der Waals surface area contributed by atoms with E-state index >= 15 is 0 Å². The van der Waals surface area contributed by atoms with Gasteiger partial charge in [-0.2, -0.15) is 0 Å². The van der Waals surface area contributed by atoms with Gasteiger partial charge in [0.05, 0.1) is 12.1 Å². The van der Waals surface area contributed by atoms with Crippen LogP contribution in [0.25, 0.3) is 0 Å². The molecule has 1 aliphatic rings. The van der Waals surface area contributed by atoms with Crippen LogP contribution in [0.2, 0.25) is 0 Å². The van der Waals surface area contributed by atoms with Crippen LogP contribution in [-0.2, 0) is 4.74 Å². The normalized spacial score (nSPS) is 30.7. The van der Waals surface area contributed by atoms with Crippen LogP contribution < -0.4 is 0 Å². The zero-order valence-electron chi connectivity index (χ0n) is 8.39. The molecule has 1 fully saturated rings. The van der Waals surface area contributed by atoms with Crippen molar-refractivity contribution in [2.24, 2.45) is 0 Å². The molecule has 0 saturated carbocycles. The fraction of sp³-hybridized carbons (Fsp3) is 1.00. The lowest BCUT2D eigenvalue weighted by atomic mass is 10.1. The lowest BCUT2D eigenvalue weighted by Gasteiger charge is -2.29. The lowest BCUT2D eigenvalue weighted by molar-refractivity contribution is -0.0898. The largest absolute Gasteiger partial charge is 0.377 e. The second-order valence-electron chi connectivity index (χ2n) is 3.60. The first kappa shape index (κ1) is 10.9. The predicted molar refractivity (Wildman–Crippen MR) is 47.1 cm³/mol. The van der Waals surface area contributed by atoms with Crippen molar-refractivity contribution in [3.05, 3.63) is 0 Å². The molecule has 0 amide bonds. The number of halogens is 2. The monoisotopic (exact) mass is 193 g/mol. The summed E-state index contributed by atoms with van der Waals surface area (Å²) in [5, 5.41) is 0. The molecule has 2 atom stereocenters. The van der Waals surface area contributed by atoms with E-state index in [1.165, 1.54) is 0 Å². The zero-order chi connectivity index (χ0) is 10.1. The Balaban J connectivity index is 2.64. The van der Waals surface area contributed by atoms with E-state index in [9.17, 15) is 8.78 Å². The molecule has 1 saturated heterocycles. The molecule has 1 heterocycles. The van der Waals surface area contributed by atoms with Gasteiger partial charge in [0.15, 0.2) is 0 Å². The van der Waals surface area contributed by atoms with E-state index in [1.54, 1.807) is 18.9 Å². The number of alkyl halides is 2. The maximum atomic E-state index is 13.3. The van der Waals surface area contributed by atoms with E-state index in [0.717, 1.165) is 0 Å². The molecule has 0 unspecified atom stereocenters. The van der Waals surface area contributed by atoms with E-state index < -0.39 is 18.1 Å². The molecule has 4 heteroatoms. The first-order valence-electron chi connectivity index (χ1n) is 4.68. The van der Waals surface area contributed by atoms with Gasteiger partial charge in [-0.05, 0) is 20.9 Å². The molecule has 13 heavy (non-hydrogen) atoms. The number of hydrogen-bond donors (Lipinski definition) is 0. The molecule has 0 radical (unpaired) electrons. The number of nitrogens with zero attached hydrogens (tertiary/aromatic N) is 1. The summed E-state index contributed by atoms with van der Waals surface area (Å²) in [5.41, 5.74) is 0. The van der Waals surface area contributed by atoms with Crippen LogP contribution in [0.1, 0.15) is 20.3 Å². The van der Waals surface area contributed by atoms with E-state index in [2.05, 4.69) is 0 Å². The van der Waals surface area contributed by atoms with Crippen LogP contribution in [0.4, 0.5) is 8.78 Å². The summed E-state index contributed by atoms with van der Waals surface area (Å²) in [6.45, 7) is 4.48. The number of ether oxygens (including phenoxy) is 1. The van der Waals surface area contributed by atoms with Gasteiger partial charge in [0.25, 0.3) is 5.92 Å². The molecule has 78 valence electrons. The summed E-state index contributed by atoms with van der Waals surface area (Å²) in [6.07, 6.45) is -0.446. The topological polar surface area (TPSA) is 12.5 Å². The van der Waals surface area contributed by atoms with E-state index in [4.69, 9.17) is 4.74 Å². The van der Waals surface area contributed by atoms with Crippen molar-refractivity contribution in [2.75, 3.05) is 20.2 Å². The third-order valence-corrected chi connectivity index (χ3v) is 2.58. The highest BCUT2D eigenvalue weighted by Gasteiger charge is 2.50. The molecular weight excluding hydrogens is 176 g/mol. The van der Waals surface area contributed by atoms with E-state index in [-0.39, 0.29) is 6.42 Å². The van der Waals surface area contributed by atoms with Crippen molar-refractivity contribution in [3.63, 3.8) is 0 Å². The molecule has 1 rings (SSSR count). The van der Waals surface area contributed by atoms with Crippen molar-refractivity contribution in [3.8, 4) is 0 Å². The van der Waals surface area contributed by atoms with Crippen LogP contribution in [0.15, 0.2) is 0 Å². The van der Waals surface area contributed by atoms with Crippen molar-refractivity contribution >= 4 is 0 Å². The van der Waals surface area contributed by atoms with Crippen molar-refractivity contribution < 1.29 is 13.5 Å². The van der Waals surface area contributed by atoms with Gasteiger partial charge in [-0.3, -0.25) is 4.90 Å². The van der Waals surface area contributed by atoms with Crippen molar-refractivity contribution in [2.45, 2.75) is 38.3 Å². The third kappa shape index (κ3) is 2.17. The minimum Gasteiger partial charge on any atom is -0.377 e. The highest BCUT2D eigenvalue weighted by Crippen LogP contribution is 2.35. The summed E-state index contributed by atoms with van der Waals surface area (Å²) in [7, 11) is 1.72. The molecule has 0 bridgehead atoms.